The van der Waals surface area contributed by atoms with E-state index in [1.165, 1.54) is 25.7 Å². The zero-order valence-corrected chi connectivity index (χ0v) is 77.0. The molecule has 0 spiro atoms. The molecule has 12 unspecified atom stereocenters. The maximum absolute atomic E-state index is 12.8. The lowest BCUT2D eigenvalue weighted by molar-refractivity contribution is -0.830. The van der Waals surface area contributed by atoms with Crippen molar-refractivity contribution < 1.29 is 274 Å². The average molecular weight is 2120 g/mol. The molecular weight excluding hydrogens is 2030 g/mol. The molecule has 0 aromatic heterocycles. The van der Waals surface area contributed by atoms with E-state index in [-0.39, 0.29) is 29.1 Å². The second-order valence-electron chi connectivity index (χ2n) is 29.6. The molecule has 59 nitrogen and oxygen atoms in total. The van der Waals surface area contributed by atoms with Crippen molar-refractivity contribution >= 4 is 152 Å². The maximum Gasteiger partial charge on any atom is 0.218 e. The summed E-state index contributed by atoms with van der Waals surface area (Å²) in [4.78, 5) is 37.7. The summed E-state index contributed by atoms with van der Waals surface area (Å²) in [5.41, 5.74) is 0.0581. The third-order valence-corrected chi connectivity index (χ3v) is 25.2. The van der Waals surface area contributed by atoms with Crippen molar-refractivity contribution in [1.29, 1.82) is 0 Å². The third kappa shape index (κ3) is 39.6. The van der Waals surface area contributed by atoms with E-state index in [1.54, 1.807) is 0 Å². The summed E-state index contributed by atoms with van der Waals surface area (Å²) in [7, 11) is -29.2. The van der Waals surface area contributed by atoms with E-state index in [1.807, 2.05) is 0 Å². The summed E-state index contributed by atoms with van der Waals surface area (Å²) in [5, 5.41) is 123. The summed E-state index contributed by atoms with van der Waals surface area (Å²) < 4.78 is 308. The Bertz CT molecular complexity index is 3590. The second kappa shape index (κ2) is 64.4. The van der Waals surface area contributed by atoms with Crippen LogP contribution in [0.4, 0.5) is 0 Å². The molecule has 4 saturated carbocycles. The van der Waals surface area contributed by atoms with E-state index in [0.29, 0.717) is 54.8 Å². The lowest BCUT2D eigenvalue weighted by atomic mass is 9.44. The van der Waals surface area contributed by atoms with Gasteiger partial charge in [0.2, 0.25) is 52.0 Å². The molecule has 8 aliphatic rings. The van der Waals surface area contributed by atoms with Crippen molar-refractivity contribution in [2.75, 3.05) is 46.2 Å². The minimum Gasteiger partial charge on any atom is -0.726 e. The topological polar surface area (TPSA) is 865 Å². The molecule has 4 aliphatic heterocycles. The summed E-state index contributed by atoms with van der Waals surface area (Å²) in [6, 6.07) is 0. The van der Waals surface area contributed by atoms with Crippen LogP contribution in [-0.4, -0.2) is 255 Å². The van der Waals surface area contributed by atoms with Crippen LogP contribution in [0.15, 0.2) is 0 Å². The van der Waals surface area contributed by atoms with E-state index in [2.05, 4.69) is 207 Å². The number of fused-ring (bicyclic) bond motifs is 5. The summed E-state index contributed by atoms with van der Waals surface area (Å²) >= 11 is 22.7. The Balaban J connectivity index is 0.00000953. The monoisotopic (exact) mass is 2120 g/mol. The smallest absolute Gasteiger partial charge is 0.218 e. The van der Waals surface area contributed by atoms with Crippen LogP contribution in [0.2, 0.25) is 0 Å². The molecule has 4 saturated heterocycles. The van der Waals surface area contributed by atoms with E-state index < -0.39 is 227 Å². The van der Waals surface area contributed by atoms with Crippen LogP contribution in [-0.2, 0) is 286 Å². The van der Waals surface area contributed by atoms with E-state index in [9.17, 15) is 107 Å². The number of rotatable bonds is 45. The van der Waals surface area contributed by atoms with Crippen molar-refractivity contribution in [2.45, 2.75) is 235 Å². The fourth-order valence-corrected chi connectivity index (χ4v) is 20.2. The first-order chi connectivity index (χ1) is 60.8. The Labute approximate surface area is 772 Å². The van der Waals surface area contributed by atoms with E-state index in [4.69, 9.17) is 95.5 Å². The fraction of sp³-hybridized carbons (Fsp3) is 1.00. The van der Waals surface area contributed by atoms with Gasteiger partial charge in [-0.05, 0) is 122 Å². The molecule has 0 N–H and O–H groups in total. The Morgan fingerprint density at radius 2 is 0.852 bits per heavy atom. The van der Waals surface area contributed by atoms with E-state index >= 15 is 0 Å². The minimum absolute atomic E-state index is 0.125. The van der Waals surface area contributed by atoms with Gasteiger partial charge in [-0.2, -0.15) is 33.7 Å². The molecular formula is C56H85O59S13-13. The van der Waals surface area contributed by atoms with Crippen LogP contribution in [0.1, 0.15) is 125 Å². The highest BCUT2D eigenvalue weighted by Crippen LogP contribution is 2.69. The van der Waals surface area contributed by atoms with Crippen LogP contribution < -0.4 is 42.1 Å². The first-order valence-corrected chi connectivity index (χ1v) is 45.6. The molecule has 0 bridgehead atoms. The highest BCUT2D eigenvalue weighted by Gasteiger charge is 2.62. The standard InChI is InChI=1S/C56H98O51S5.8OS/c1-27(2)7-6-8-28(3)35-11-12-36-33-10-9-31-17-29(13-15-55(31,4)37(33)14-16-56(35,36)5)18-38-48(99-112(77,78)79)49(95-104-61)43(30(20-80-38)21-83-108(65,66)67)81-24-41-47(94-103-60)50(96-105-62)45(42(88-41)26-86-111(74,75)76)90-54-51(97-106-63)44(92-101-58)34(40(89-54)25-85-110(71,72)73)23-82-53-52(98-107-64)46(93-102-59)39(91-100-57)19-32(87-53)22-84-109(68,69)70;8*1-2/h27-54,57-64H,6-26H2,1-5H3,(H,65,66,67)(H,68,69,70)(H,71,72,73)(H,74,75,76)(H,77,78,79);;;;;;;;/p-13/t28-,29+,30?,31?,32?,33?,34-,35-,36?,37?,38+,39-,40?,41-,42?,43-,44?,45-,46?,47?,48?,49+,50+,51+,52+,53+,54-,55+,56-;;;;;;;;/m1......../s1. The molecule has 4 heterocycles. The quantitative estimate of drug-likeness (QED) is 0.0236. The molecule has 72 heteroatoms. The molecule has 0 aromatic rings. The lowest BCUT2D eigenvalue weighted by Crippen LogP contribution is -2.66. The Morgan fingerprint density at radius 1 is 0.391 bits per heavy atom. The summed E-state index contributed by atoms with van der Waals surface area (Å²) in [6.07, 6.45) is -33.2. The van der Waals surface area contributed by atoms with Crippen LogP contribution in [0.25, 0.3) is 0 Å². The second-order valence-corrected chi connectivity index (χ2v) is 34.8. The van der Waals surface area contributed by atoms with Gasteiger partial charge < -0.3 is 98.0 Å². The molecule has 754 valence electrons. The van der Waals surface area contributed by atoms with Gasteiger partial charge in [-0.15, -0.1) is 0 Å². The van der Waals surface area contributed by atoms with Crippen molar-refractivity contribution in [2.24, 2.45) is 70.0 Å². The predicted molar refractivity (Wildman–Crippen MR) is 379 cm³/mol. The summed E-state index contributed by atoms with van der Waals surface area (Å²) in [5.74, 6) is -1.10. The number of hydrogen-bond donors (Lipinski definition) is 0. The first kappa shape index (κ1) is 126. The molecule has 128 heavy (non-hydrogen) atoms. The highest BCUT2D eigenvalue weighted by molar-refractivity contribution is 7.81. The van der Waals surface area contributed by atoms with Gasteiger partial charge in [-0.25, -0.2) is 81.2 Å². The van der Waals surface area contributed by atoms with Gasteiger partial charge >= 0.3 is 0 Å². The number of ether oxygens (including phenoxy) is 7. The van der Waals surface area contributed by atoms with Gasteiger partial charge in [0.25, 0.3) is 0 Å². The van der Waals surface area contributed by atoms with Gasteiger partial charge in [0.15, 0.2) is 143 Å². The molecule has 4 aliphatic carbocycles. The normalized spacial score (nSPS) is 34.3. The SMILES string of the molecule is CC(C)CCC[C@@H](C)[C@H]1CCC2C3CCC4C[C@@H](C[C@@H]5OCC(COS(=O)(=O)[O-])[C@@H](OC[C@H]6OC(COS(=O)(=O)[O-])[C@@H](O[C@H]7OC(COS(=O)(=O)[O-])[C@@H](CO[C@H]8OC(COS(=O)(=O)[O-])C[C@@H](OO[O-])C(OO[O-])[C@@H]8OO[O-])C(OO[O-])[C@@H]7OO[O-])[C@H](OO[O-])C6OO[O-])[C@H](OO[O-])C5OS(=O)(=O)[O-])CC[C@]4(C)C3CC[C@@]21C.O=S.O=S.O=S.O=S.O=S.O=S.O=S.O=S. The Hall–Kier alpha value is -1.73. The van der Waals surface area contributed by atoms with Crippen LogP contribution in [0.5, 0.6) is 0 Å². The molecule has 0 amide bonds. The Morgan fingerprint density at radius 3 is 1.38 bits per heavy atom. The molecule has 8 fully saturated rings. The molecule has 0 aromatic carbocycles. The zero-order valence-electron chi connectivity index (χ0n) is 66.4. The minimum atomic E-state index is -5.98. The van der Waals surface area contributed by atoms with Crippen molar-refractivity contribution in [1.82, 2.24) is 0 Å². The lowest BCUT2D eigenvalue weighted by Gasteiger charge is -2.61. The zero-order chi connectivity index (χ0) is 98.3. The van der Waals surface area contributed by atoms with Crippen LogP contribution >= 0.6 is 0 Å². The van der Waals surface area contributed by atoms with Gasteiger partial charge in [0.05, 0.1) is 70.7 Å². The van der Waals surface area contributed by atoms with Crippen molar-refractivity contribution in [3.05, 3.63) is 0 Å². The van der Waals surface area contributed by atoms with Crippen LogP contribution in [0, 0.1) is 70.0 Å². The van der Waals surface area contributed by atoms with Gasteiger partial charge in [0.1, 0.15) is 42.7 Å². The molecule has 29 atom stereocenters. The predicted octanol–water partition coefficient (Wildman–Crippen LogP) is -11.1. The first-order valence-electron chi connectivity index (χ1n) is 36.2. The van der Waals surface area contributed by atoms with Gasteiger partial charge in [0, 0.05) is 18.3 Å². The highest BCUT2D eigenvalue weighted by atomic mass is 32.3. The number of hydrogen-bond acceptors (Lipinski definition) is 67. The van der Waals surface area contributed by atoms with Crippen molar-refractivity contribution in [3.63, 3.8) is 0 Å². The van der Waals surface area contributed by atoms with E-state index in [0.717, 1.165) is 32.1 Å². The average Bonchev–Trinajstić information content (AvgIpc) is 1.47. The van der Waals surface area contributed by atoms with Crippen molar-refractivity contribution in [3.8, 4) is 0 Å². The fourth-order valence-electron chi connectivity index (χ4n) is 18.5. The van der Waals surface area contributed by atoms with Crippen LogP contribution in [0.3, 0.4) is 0 Å². The molecule has 8 rings (SSSR count). The Kier molecular flexibility index (Phi) is 63.6. The van der Waals surface area contributed by atoms with Gasteiger partial charge in [-0.3, -0.25) is 61.2 Å². The molecule has 0 radical (unpaired) electrons. The summed E-state index contributed by atoms with van der Waals surface area (Å²) in [6.45, 7) is 1.80. The largest absolute Gasteiger partial charge is 0.726 e. The third-order valence-electron chi connectivity index (χ3n) is 23.1. The van der Waals surface area contributed by atoms with Gasteiger partial charge in [-0.1, -0.05) is 53.9 Å². The maximum atomic E-state index is 12.8.